The fourth-order valence-corrected chi connectivity index (χ4v) is 6.20. The highest BCUT2D eigenvalue weighted by atomic mass is 35.5. The van der Waals surface area contributed by atoms with Gasteiger partial charge < -0.3 is 14.2 Å². The minimum atomic E-state index is 0.00113. The number of nitrogens with zero attached hydrogens (tertiary/aromatic N) is 4. The van der Waals surface area contributed by atoms with E-state index in [1.54, 1.807) is 27.7 Å². The zero-order valence-electron chi connectivity index (χ0n) is 20.0. The van der Waals surface area contributed by atoms with E-state index in [1.165, 1.54) is 10.6 Å². The summed E-state index contributed by atoms with van der Waals surface area (Å²) in [6.45, 7) is 0.598. The summed E-state index contributed by atoms with van der Waals surface area (Å²) in [5, 5.41) is 12.6. The number of halogens is 1. The van der Waals surface area contributed by atoms with Crippen LogP contribution in [-0.2, 0) is 25.6 Å². The van der Waals surface area contributed by atoms with E-state index < -0.39 is 0 Å². The van der Waals surface area contributed by atoms with Gasteiger partial charge in [-0.3, -0.25) is 4.99 Å². The van der Waals surface area contributed by atoms with E-state index in [1.807, 2.05) is 24.3 Å². The largest absolute Gasteiger partial charge is 0.493 e. The van der Waals surface area contributed by atoms with Crippen molar-refractivity contribution in [2.24, 2.45) is 11.2 Å². The number of hydrogen-bond acceptors (Lipinski definition) is 6. The van der Waals surface area contributed by atoms with Gasteiger partial charge in [0.25, 0.3) is 5.00 Å². The first-order valence-electron chi connectivity index (χ1n) is 11.1. The van der Waals surface area contributed by atoms with Crippen molar-refractivity contribution in [1.82, 2.24) is 14.8 Å². The minimum Gasteiger partial charge on any atom is -0.493 e. The maximum atomic E-state index is 6.79. The Morgan fingerprint density at radius 3 is 2.40 bits per heavy atom. The molecule has 1 aliphatic rings. The number of methoxy groups -OCH3 is 3. The standard InChI is InChI=1S/C26H26ClN4O3S/c1-32-21-12-17(13-22(33-2)24(21)34-3)6-5-16-7-8-19(20(27)11-16)23-25-30-29-15-31(25)26-18(14-28-23)9-10-35(26)4/h7-13,15H,5-6,14H2,1-4H3/q+1. The summed E-state index contributed by atoms with van der Waals surface area (Å²) in [7, 11) is 4.85. The molecule has 2 aromatic carbocycles. The maximum absolute atomic E-state index is 6.79. The van der Waals surface area contributed by atoms with E-state index >= 15 is 0 Å². The van der Waals surface area contributed by atoms with Gasteiger partial charge in [0, 0.05) is 11.6 Å². The maximum Gasteiger partial charge on any atom is 0.259 e. The van der Waals surface area contributed by atoms with Crippen molar-refractivity contribution in [3.8, 4) is 22.2 Å². The van der Waals surface area contributed by atoms with Crippen molar-refractivity contribution in [3.63, 3.8) is 0 Å². The van der Waals surface area contributed by atoms with Crippen LogP contribution in [0.25, 0.3) is 5.00 Å². The average molecular weight is 510 g/mol. The summed E-state index contributed by atoms with van der Waals surface area (Å²) in [5.41, 5.74) is 5.04. The Bertz CT molecular complexity index is 1400. The van der Waals surface area contributed by atoms with Crippen LogP contribution < -0.4 is 14.2 Å². The fourth-order valence-electron chi connectivity index (χ4n) is 4.42. The van der Waals surface area contributed by atoms with E-state index in [9.17, 15) is 0 Å². The first-order valence-corrected chi connectivity index (χ1v) is 13.2. The van der Waals surface area contributed by atoms with Gasteiger partial charge in [0.2, 0.25) is 5.75 Å². The van der Waals surface area contributed by atoms with Crippen LogP contribution in [0.3, 0.4) is 0 Å². The molecule has 0 saturated heterocycles. The van der Waals surface area contributed by atoms with Crippen LogP contribution in [0.5, 0.6) is 17.2 Å². The zero-order valence-corrected chi connectivity index (χ0v) is 21.6. The Hall–Kier alpha value is -3.36. The summed E-state index contributed by atoms with van der Waals surface area (Å²) in [6, 6.07) is 12.2. The van der Waals surface area contributed by atoms with Crippen LogP contribution in [0.1, 0.15) is 28.1 Å². The molecule has 0 N–H and O–H groups in total. The molecule has 4 aromatic rings. The molecule has 0 aliphatic carbocycles. The summed E-state index contributed by atoms with van der Waals surface area (Å²) in [4.78, 5) is 4.89. The molecule has 1 unspecified atom stereocenters. The van der Waals surface area contributed by atoms with Gasteiger partial charge >= 0.3 is 0 Å². The van der Waals surface area contributed by atoms with Crippen molar-refractivity contribution < 1.29 is 14.2 Å². The van der Waals surface area contributed by atoms with Gasteiger partial charge in [-0.25, -0.2) is 4.57 Å². The second-order valence-corrected chi connectivity index (χ2v) is 10.4. The van der Waals surface area contributed by atoms with Gasteiger partial charge in [-0.1, -0.05) is 23.7 Å². The molecule has 35 heavy (non-hydrogen) atoms. The molecule has 3 heterocycles. The highest BCUT2D eigenvalue weighted by molar-refractivity contribution is 7.30. The van der Waals surface area contributed by atoms with E-state index in [2.05, 4.69) is 38.5 Å². The molecule has 0 bridgehead atoms. The zero-order chi connectivity index (χ0) is 24.5. The van der Waals surface area contributed by atoms with Gasteiger partial charge in [0.1, 0.15) is 23.7 Å². The second-order valence-electron chi connectivity index (χ2n) is 8.23. The monoisotopic (exact) mass is 509 g/mol. The summed E-state index contributed by atoms with van der Waals surface area (Å²) in [6.07, 6.45) is 5.56. The Morgan fingerprint density at radius 2 is 1.71 bits per heavy atom. The molecule has 1 aliphatic heterocycles. The minimum absolute atomic E-state index is 0.00113. The lowest BCUT2D eigenvalue weighted by molar-refractivity contribution is 0.324. The molecule has 0 spiro atoms. The topological polar surface area (TPSA) is 70.8 Å². The highest BCUT2D eigenvalue weighted by Crippen LogP contribution is 2.39. The van der Waals surface area contributed by atoms with Gasteiger partial charge in [0.15, 0.2) is 17.3 Å². The Morgan fingerprint density at radius 1 is 0.971 bits per heavy atom. The fraction of sp³-hybridized carbons (Fsp3) is 0.269. The third-order valence-corrected chi connectivity index (χ3v) is 8.08. The SMILES string of the molecule is COc1cc(CCc2ccc(C3=NCc4cc[s+](C)c4-n4cnnc43)c(Cl)c2)cc(OC)c1OC. The predicted molar refractivity (Wildman–Crippen MR) is 139 cm³/mol. The first-order chi connectivity index (χ1) is 17.0. The van der Waals surface area contributed by atoms with E-state index in [4.69, 9.17) is 30.8 Å². The van der Waals surface area contributed by atoms with Crippen LogP contribution in [0.15, 0.2) is 53.1 Å². The third kappa shape index (κ3) is 4.28. The van der Waals surface area contributed by atoms with Gasteiger partial charge in [-0.05, 0) is 52.6 Å². The quantitative estimate of drug-likeness (QED) is 0.313. The normalized spacial score (nSPS) is 12.9. The van der Waals surface area contributed by atoms with Crippen molar-refractivity contribution in [1.29, 1.82) is 0 Å². The molecule has 9 heteroatoms. The van der Waals surface area contributed by atoms with Crippen LogP contribution in [0.2, 0.25) is 5.02 Å². The lowest BCUT2D eigenvalue weighted by Gasteiger charge is -2.14. The highest BCUT2D eigenvalue weighted by Gasteiger charge is 2.28. The predicted octanol–water partition coefficient (Wildman–Crippen LogP) is 5.37. The molecule has 180 valence electrons. The molecule has 0 fully saturated rings. The number of rotatable bonds is 7. The number of aliphatic imine (C=N–C) groups is 1. The number of benzene rings is 2. The molecular weight excluding hydrogens is 484 g/mol. The van der Waals surface area contributed by atoms with Crippen molar-refractivity contribution in [2.45, 2.75) is 19.4 Å². The van der Waals surface area contributed by atoms with Crippen molar-refractivity contribution in [3.05, 3.63) is 81.2 Å². The Labute approximate surface area is 211 Å². The van der Waals surface area contributed by atoms with Crippen LogP contribution >= 0.6 is 22.1 Å². The van der Waals surface area contributed by atoms with Crippen molar-refractivity contribution in [2.75, 3.05) is 21.3 Å². The van der Waals surface area contributed by atoms with Gasteiger partial charge in [-0.2, -0.15) is 0 Å². The molecule has 2 aromatic heterocycles. The number of aryl methyl sites for hydroxylation is 3. The summed E-state index contributed by atoms with van der Waals surface area (Å²) >= 11 is 6.79. The van der Waals surface area contributed by atoms with E-state index in [0.717, 1.165) is 41.1 Å². The Balaban J connectivity index is 1.40. The number of aromatic nitrogens is 3. The smallest absolute Gasteiger partial charge is 0.259 e. The summed E-state index contributed by atoms with van der Waals surface area (Å²) in [5.74, 6) is 2.62. The van der Waals surface area contributed by atoms with Crippen LogP contribution in [0.4, 0.5) is 0 Å². The Kier molecular flexibility index (Phi) is 6.49. The van der Waals surface area contributed by atoms with Gasteiger partial charge in [0.05, 0.1) is 38.5 Å². The van der Waals surface area contributed by atoms with E-state index in [0.29, 0.717) is 28.8 Å². The summed E-state index contributed by atoms with van der Waals surface area (Å²) < 4.78 is 18.4. The molecule has 7 nitrogen and oxygen atoms in total. The van der Waals surface area contributed by atoms with Gasteiger partial charge in [-0.15, -0.1) is 10.2 Å². The number of ether oxygens (including phenoxy) is 3. The molecular formula is C26H26ClN4O3S+. The van der Waals surface area contributed by atoms with Crippen LogP contribution in [0, 0.1) is 0 Å². The second kappa shape index (κ2) is 9.71. The molecule has 0 saturated carbocycles. The van der Waals surface area contributed by atoms with Crippen molar-refractivity contribution >= 4 is 27.8 Å². The lowest BCUT2D eigenvalue weighted by Crippen LogP contribution is -2.11. The third-order valence-electron chi connectivity index (χ3n) is 6.15. The first kappa shape index (κ1) is 23.4. The molecule has 1 atom stereocenters. The molecule has 0 amide bonds. The lowest BCUT2D eigenvalue weighted by atomic mass is 10.0. The average Bonchev–Trinajstić information content (AvgIpc) is 3.45. The van der Waals surface area contributed by atoms with E-state index in [-0.39, 0.29) is 10.5 Å². The molecule has 5 rings (SSSR count). The molecule has 0 radical (unpaired) electrons. The number of fused-ring (bicyclic) bond motifs is 3. The number of hydrogen-bond donors (Lipinski definition) is 0. The number of thiophene rings is 1. The van der Waals surface area contributed by atoms with Crippen LogP contribution in [-0.4, -0.2) is 41.8 Å².